The van der Waals surface area contributed by atoms with Crippen LogP contribution in [0.2, 0.25) is 0 Å². The molecule has 2 heterocycles. The zero-order valence-corrected chi connectivity index (χ0v) is 91.3. The van der Waals surface area contributed by atoms with Gasteiger partial charge < -0.3 is 9.47 Å². The topological polar surface area (TPSA) is 52.6 Å². The molecule has 0 saturated heterocycles. The Bertz CT molecular complexity index is 4060. The monoisotopic (exact) mass is 1830 g/mol. The summed E-state index contributed by atoms with van der Waals surface area (Å²) in [5.74, 6) is 25.4. The highest BCUT2D eigenvalue weighted by Gasteiger charge is 2.36. The minimum Gasteiger partial charge on any atom is -0.459 e. The van der Waals surface area contributed by atoms with E-state index in [2.05, 4.69) is 211 Å². The number of allylic oxidation sites excluding steroid dienone is 20. The molecule has 2 aliphatic heterocycles. The summed E-state index contributed by atoms with van der Waals surface area (Å²) in [4.78, 5) is 22.7. The predicted molar refractivity (Wildman–Crippen MR) is 581 cm³/mol. The fourth-order valence-electron chi connectivity index (χ4n) is 26.6. The van der Waals surface area contributed by atoms with Gasteiger partial charge >= 0.3 is 11.9 Å². The smallest absolute Gasteiger partial charge is 0.338 e. The minimum atomic E-state index is -0.183. The molecule has 134 heavy (non-hydrogen) atoms. The van der Waals surface area contributed by atoms with E-state index in [9.17, 15) is 9.59 Å². The standard InChI is InChI=1S/7C12H20.2C11H12O2.3C8H14/c7*1-9-3-5-12-8-10(2)4-6-11(12)7-9;1-7-3-4-9-6-8(2)13-11(12)10(9)5-7;1-7-3-4-9-6-8(2)11(12)13-10(9)5-7;3*1-7-3-5-8(2)6-4-7/h2*7,10-12H,3-6,8H2,1-2H3;2*7,9-10,12H,3-6,8H2,1-2H3;5,9-11H,3-4,6-8H2,1-2H3;3,10-12H,4-8H2,1-2H3;3,5,9-12H,4,6-8H2,1-2H3;2*3-5,8H,6H2,1-2H3;2*3,8H,4-6H2,1-2H3;3,5,7-8H,4,6H2,1-2H3. The Morgan fingerprint density at radius 2 is 0.709 bits per heavy atom. The van der Waals surface area contributed by atoms with Crippen molar-refractivity contribution in [2.24, 2.45) is 160 Å². The molecule has 0 radical (unpaired) electrons. The van der Waals surface area contributed by atoms with Crippen molar-refractivity contribution in [3.8, 4) is 5.75 Å². The van der Waals surface area contributed by atoms with Gasteiger partial charge in [-0.3, -0.25) is 4.79 Å². The lowest BCUT2D eigenvalue weighted by molar-refractivity contribution is -0.139. The number of aryl methyl sites for hydroxylation is 2. The first kappa shape index (κ1) is 111. The number of cyclic esters (lactones) is 1. The molecular formula is C130H206O4. The molecule has 28 atom stereocenters. The van der Waals surface area contributed by atoms with Crippen LogP contribution in [0.25, 0.3) is 0 Å². The molecule has 4 heteroatoms. The maximum Gasteiger partial charge on any atom is 0.338 e. The van der Waals surface area contributed by atoms with Gasteiger partial charge in [-0.05, 0) is 488 Å². The predicted octanol–water partition coefficient (Wildman–Crippen LogP) is 38.6. The van der Waals surface area contributed by atoms with E-state index in [1.54, 1.807) is 44.6 Å². The number of hydrogen-bond acceptors (Lipinski definition) is 4. The van der Waals surface area contributed by atoms with Gasteiger partial charge in [-0.25, -0.2) is 4.79 Å². The summed E-state index contributed by atoms with van der Waals surface area (Å²) in [7, 11) is 0. The van der Waals surface area contributed by atoms with Crippen molar-refractivity contribution < 1.29 is 19.1 Å². The quantitative estimate of drug-likeness (QED) is 0.150. The number of hydrogen-bond donors (Lipinski definition) is 0. The first-order valence-corrected chi connectivity index (χ1v) is 57.4. The number of fused-ring (bicyclic) bond motifs is 9. The number of rotatable bonds is 0. The highest BCUT2D eigenvalue weighted by Crippen LogP contribution is 2.49. The van der Waals surface area contributed by atoms with E-state index >= 15 is 0 Å². The fourth-order valence-corrected chi connectivity index (χ4v) is 26.6. The third-order valence-electron chi connectivity index (χ3n) is 36.0. The van der Waals surface area contributed by atoms with Crippen LogP contribution in [0.1, 0.15) is 455 Å². The Labute approximate surface area is 827 Å². The van der Waals surface area contributed by atoms with Gasteiger partial charge in [0.1, 0.15) is 11.9 Å². The molecule has 7 saturated carbocycles. The Balaban J connectivity index is 0.000000152. The number of benzene rings is 2. The first-order chi connectivity index (χ1) is 64.0. The van der Waals surface area contributed by atoms with E-state index in [0.29, 0.717) is 0 Å². The molecule has 19 aliphatic rings. The molecule has 17 aliphatic carbocycles. The summed E-state index contributed by atoms with van der Waals surface area (Å²) in [5, 5.41) is 0. The molecular weight excluding hydrogens is 1630 g/mol. The summed E-state index contributed by atoms with van der Waals surface area (Å²) >= 11 is 0. The van der Waals surface area contributed by atoms with Crippen LogP contribution in [0.5, 0.6) is 5.75 Å². The molecule has 750 valence electrons. The Morgan fingerprint density at radius 1 is 0.276 bits per heavy atom. The van der Waals surface area contributed by atoms with Gasteiger partial charge in [0.25, 0.3) is 0 Å². The van der Waals surface area contributed by atoms with Crippen molar-refractivity contribution in [1.82, 2.24) is 0 Å². The second-order valence-corrected chi connectivity index (χ2v) is 50.3. The molecule has 0 aromatic heterocycles. The average molecular weight is 1830 g/mol. The lowest BCUT2D eigenvalue weighted by Crippen LogP contribution is -2.26. The molecule has 0 amide bonds. The number of esters is 2. The number of carbonyl (C=O) groups excluding carboxylic acids is 2. The summed E-state index contributed by atoms with van der Waals surface area (Å²) in [6.45, 7) is 54.7. The average Bonchev–Trinajstić information content (AvgIpc) is 0.818. The zero-order chi connectivity index (χ0) is 96.7. The normalized spacial score (nSPS) is 36.5. The Hall–Kier alpha value is -5.22. The van der Waals surface area contributed by atoms with E-state index in [-0.39, 0.29) is 24.0 Å². The van der Waals surface area contributed by atoms with Crippen molar-refractivity contribution in [3.05, 3.63) is 182 Å². The van der Waals surface area contributed by atoms with Gasteiger partial charge in [-0.15, -0.1) is 0 Å². The van der Waals surface area contributed by atoms with Crippen LogP contribution in [0, 0.1) is 174 Å². The minimum absolute atomic E-state index is 0.00444. The lowest BCUT2D eigenvalue weighted by Gasteiger charge is -2.37. The van der Waals surface area contributed by atoms with Crippen molar-refractivity contribution in [2.75, 3.05) is 0 Å². The van der Waals surface area contributed by atoms with Crippen LogP contribution in [0.3, 0.4) is 0 Å². The van der Waals surface area contributed by atoms with E-state index < -0.39 is 0 Å². The van der Waals surface area contributed by atoms with Crippen LogP contribution >= 0.6 is 0 Å². The van der Waals surface area contributed by atoms with Crippen molar-refractivity contribution in [2.45, 2.75) is 455 Å². The fraction of sp³-hybridized carbons (Fsp3) is 0.738. The molecule has 21 rings (SSSR count). The molecule has 0 bridgehead atoms. The van der Waals surface area contributed by atoms with Gasteiger partial charge in [0, 0.05) is 6.42 Å². The summed E-state index contributed by atoms with van der Waals surface area (Å²) < 4.78 is 10.3. The molecule has 7 fully saturated rings. The van der Waals surface area contributed by atoms with Crippen LogP contribution < -0.4 is 4.74 Å². The van der Waals surface area contributed by atoms with E-state index in [0.717, 1.165) is 200 Å². The zero-order valence-electron chi connectivity index (χ0n) is 91.3. The molecule has 0 spiro atoms. The summed E-state index contributed by atoms with van der Waals surface area (Å²) in [5.41, 5.74) is 18.7. The lowest BCUT2D eigenvalue weighted by atomic mass is 9.68. The number of carbonyl (C=O) groups is 2. The van der Waals surface area contributed by atoms with E-state index in [1.807, 2.05) is 64.1 Å². The van der Waals surface area contributed by atoms with Gasteiger partial charge in [-0.1, -0.05) is 284 Å². The van der Waals surface area contributed by atoms with Gasteiger partial charge in [0.05, 0.1) is 11.5 Å². The second kappa shape index (κ2) is 56.4. The Morgan fingerprint density at radius 3 is 1.25 bits per heavy atom. The summed E-state index contributed by atoms with van der Waals surface area (Å²) in [6.07, 6.45) is 91.3. The Kier molecular flexibility index (Phi) is 46.6. The molecule has 28 unspecified atom stereocenters. The second-order valence-electron chi connectivity index (χ2n) is 50.3. The SMILES string of the molecule is CC1=CC2CCC(C)CC2CC1.CC1=CC2CCC(C)CC2CC1.CC1=CCC(C)CC1.CC1=CCC(C)CC1.CC1=CCC2CC(C)CCC2C1.CC1C=C2CCC(C)CC2CC1.CC1C=C2CCC(C)CC2CC1.CC1C=CC(C)CC1.CC1C=CC2CC(C)CCC2C1.CC1CCC2CC(C)CC=C2C1.Cc1ccc2c(c1)C(=O)OC(C)C2.Cc1ccc2c(c1)OC(=O)C(C)C2. The highest BCUT2D eigenvalue weighted by molar-refractivity contribution is 5.92. The third kappa shape index (κ3) is 38.3. The third-order valence-corrected chi connectivity index (χ3v) is 36.0. The van der Waals surface area contributed by atoms with Gasteiger partial charge in [-0.2, -0.15) is 0 Å². The van der Waals surface area contributed by atoms with Crippen LogP contribution in [-0.4, -0.2) is 18.0 Å². The van der Waals surface area contributed by atoms with Crippen LogP contribution in [-0.2, 0) is 22.4 Å². The maximum absolute atomic E-state index is 11.4. The first-order valence-electron chi connectivity index (χ1n) is 57.4. The van der Waals surface area contributed by atoms with E-state index in [1.165, 1.54) is 270 Å². The van der Waals surface area contributed by atoms with Crippen LogP contribution in [0.4, 0.5) is 0 Å². The molecule has 0 N–H and O–H groups in total. The van der Waals surface area contributed by atoms with Gasteiger partial charge in [0.15, 0.2) is 0 Å². The molecule has 4 nitrogen and oxygen atoms in total. The molecule has 2 aromatic rings. The summed E-state index contributed by atoms with van der Waals surface area (Å²) in [6, 6.07) is 11.9. The highest BCUT2D eigenvalue weighted by atomic mass is 16.5. The van der Waals surface area contributed by atoms with Crippen molar-refractivity contribution in [3.63, 3.8) is 0 Å². The van der Waals surface area contributed by atoms with Crippen molar-refractivity contribution >= 4 is 11.9 Å². The molecule has 2 aromatic carbocycles. The largest absolute Gasteiger partial charge is 0.459 e. The number of ether oxygens (including phenoxy) is 2. The van der Waals surface area contributed by atoms with Crippen molar-refractivity contribution in [1.29, 1.82) is 0 Å². The van der Waals surface area contributed by atoms with Gasteiger partial charge in [0.2, 0.25) is 0 Å². The van der Waals surface area contributed by atoms with Crippen LogP contribution in [0.15, 0.2) is 154 Å². The van der Waals surface area contributed by atoms with E-state index in [4.69, 9.17) is 9.47 Å². The maximum atomic E-state index is 11.4.